The van der Waals surface area contributed by atoms with Crippen molar-refractivity contribution >= 4 is 108 Å². The number of esters is 1. The van der Waals surface area contributed by atoms with Crippen molar-refractivity contribution in [2.75, 3.05) is 45.0 Å². The second kappa shape index (κ2) is 27.9. The highest BCUT2D eigenvalue weighted by molar-refractivity contribution is 7.86. The minimum atomic E-state index is -4.81. The number of fused-ring (bicyclic) bond motifs is 2. The molecule has 2 unspecified atom stereocenters. The normalized spacial score (nSPS) is 14.0. The Balaban J connectivity index is 0.864. The summed E-state index contributed by atoms with van der Waals surface area (Å²) in [4.78, 5) is 69.8. The molecule has 0 bridgehead atoms. The number of hydrogen-bond donors (Lipinski definition) is 5. The molecule has 1 aliphatic rings. The molecule has 0 aliphatic carbocycles. The summed E-state index contributed by atoms with van der Waals surface area (Å²) >= 11 is 4.60. The van der Waals surface area contributed by atoms with Gasteiger partial charge in [0.05, 0.1) is 43.5 Å². The second-order valence-electron chi connectivity index (χ2n) is 21.6. The van der Waals surface area contributed by atoms with Crippen LogP contribution in [-0.2, 0) is 45.2 Å². The first kappa shape index (κ1) is 63.0. The Kier molecular flexibility index (Phi) is 20.0. The number of nitrogens with zero attached hydrogens (tertiary/aromatic N) is 5. The molecule has 3 amide bonds. The van der Waals surface area contributed by atoms with Crippen molar-refractivity contribution in [3.05, 3.63) is 163 Å². The average Bonchev–Trinajstić information content (AvgIpc) is 1.34. The Hall–Kier alpha value is -9.51. The van der Waals surface area contributed by atoms with Gasteiger partial charge in [0.1, 0.15) is 34.2 Å². The number of Topliss-reactive ketones (excluding diaryl/α,β-unsaturated/α-hetero) is 1. The molecular weight excluding hydrogens is 1160 g/mol. The Labute approximate surface area is 514 Å². The van der Waals surface area contributed by atoms with Crippen molar-refractivity contribution in [3.8, 4) is 28.4 Å². The maximum absolute atomic E-state index is 14.2. The molecule has 1 aliphatic heterocycles. The molecule has 1 saturated heterocycles. The van der Waals surface area contributed by atoms with Crippen molar-refractivity contribution < 1.29 is 55.9 Å². The summed E-state index contributed by atoms with van der Waals surface area (Å²) in [6.07, 6.45) is 1.87. The largest absolute Gasteiger partial charge is 0.493 e. The highest BCUT2D eigenvalue weighted by Gasteiger charge is 2.41. The molecule has 22 heteroatoms. The number of nitrogen functional groups attached to an aromatic ring is 1. The van der Waals surface area contributed by atoms with Gasteiger partial charge in [-0.15, -0.1) is 22.9 Å². The van der Waals surface area contributed by atoms with Crippen LogP contribution in [0.2, 0.25) is 0 Å². The summed E-state index contributed by atoms with van der Waals surface area (Å²) in [5.41, 5.74) is 10.5. The Morgan fingerprint density at radius 1 is 0.727 bits per heavy atom. The van der Waals surface area contributed by atoms with Gasteiger partial charge in [-0.25, -0.2) is 4.79 Å². The SMILES string of the molecule is CCC(C)(C)C(=O)C(=O)N1CCCCC1C(=O)OC(CCc1ccc(OC)c(OC)c1)c1cccc(OCC(=O)NCC(=O)Nc2c(N=Nc3ccc(-c4ccc(N=Nc5cc(S)c6ccccc6c5N)cc4)cc3)cc(S(=O)(=O)O)c3ccccc23)c1. The van der Waals surface area contributed by atoms with Crippen molar-refractivity contribution in [2.24, 2.45) is 25.9 Å². The number of carbonyl (C=O) groups is 5. The summed E-state index contributed by atoms with van der Waals surface area (Å²) in [5, 5.41) is 24.8. The van der Waals surface area contributed by atoms with Crippen molar-refractivity contribution in [3.63, 3.8) is 0 Å². The fourth-order valence-corrected chi connectivity index (χ4v) is 11.1. The fraction of sp³-hybridized carbons (Fsp3) is 0.258. The van der Waals surface area contributed by atoms with Gasteiger partial charge in [-0.3, -0.25) is 23.7 Å². The molecule has 0 aromatic heterocycles. The first-order chi connectivity index (χ1) is 42.2. The summed E-state index contributed by atoms with van der Waals surface area (Å²) < 4.78 is 58.9. The van der Waals surface area contributed by atoms with E-state index in [1.165, 1.54) is 25.2 Å². The zero-order valence-electron chi connectivity index (χ0n) is 49.1. The van der Waals surface area contributed by atoms with Gasteiger partial charge in [0.2, 0.25) is 11.7 Å². The number of aryl methyl sites for hydroxylation is 1. The Bertz CT molecular complexity index is 4120. The van der Waals surface area contributed by atoms with E-state index in [0.29, 0.717) is 71.9 Å². The predicted molar refractivity (Wildman–Crippen MR) is 338 cm³/mol. The van der Waals surface area contributed by atoms with Crippen LogP contribution in [0.5, 0.6) is 17.2 Å². The molecule has 5 N–H and O–H groups in total. The van der Waals surface area contributed by atoms with Gasteiger partial charge in [-0.05, 0) is 127 Å². The van der Waals surface area contributed by atoms with Gasteiger partial charge in [-0.1, -0.05) is 112 Å². The number of methoxy groups -OCH3 is 2. The number of ether oxygens (including phenoxy) is 4. The highest BCUT2D eigenvalue weighted by atomic mass is 32.2. The van der Waals surface area contributed by atoms with Gasteiger partial charge in [0.15, 0.2) is 18.1 Å². The molecule has 20 nitrogen and oxygen atoms in total. The lowest BCUT2D eigenvalue weighted by atomic mass is 9.84. The predicted octanol–water partition coefficient (Wildman–Crippen LogP) is 13.4. The third kappa shape index (κ3) is 15.0. The topological polar surface area (TPSA) is 279 Å². The molecule has 8 aromatic rings. The number of anilines is 2. The number of benzene rings is 8. The van der Waals surface area contributed by atoms with Crippen LogP contribution < -0.4 is 30.6 Å². The Morgan fingerprint density at radius 2 is 1.36 bits per heavy atom. The summed E-state index contributed by atoms with van der Waals surface area (Å²) in [5.74, 6) is -2.02. The van der Waals surface area contributed by atoms with Gasteiger partial charge < -0.3 is 40.2 Å². The molecule has 88 heavy (non-hydrogen) atoms. The van der Waals surface area contributed by atoms with Crippen LogP contribution in [0.4, 0.5) is 34.1 Å². The smallest absolute Gasteiger partial charge is 0.329 e. The van der Waals surface area contributed by atoms with E-state index in [1.54, 1.807) is 80.6 Å². The van der Waals surface area contributed by atoms with Gasteiger partial charge >= 0.3 is 5.97 Å². The number of ketones is 1. The molecule has 0 saturated carbocycles. The van der Waals surface area contributed by atoms with Crippen molar-refractivity contribution in [1.29, 1.82) is 0 Å². The maximum Gasteiger partial charge on any atom is 0.329 e. The number of amides is 3. The zero-order valence-corrected chi connectivity index (χ0v) is 50.8. The number of nitrogens with one attached hydrogen (secondary N) is 2. The minimum Gasteiger partial charge on any atom is -0.493 e. The van der Waals surface area contributed by atoms with Gasteiger partial charge in [0.25, 0.3) is 21.9 Å². The highest BCUT2D eigenvalue weighted by Crippen LogP contribution is 2.41. The first-order valence-corrected chi connectivity index (χ1v) is 30.3. The van der Waals surface area contributed by atoms with E-state index >= 15 is 0 Å². The molecule has 2 atom stereocenters. The number of rotatable bonds is 23. The number of thiol groups is 1. The number of azo groups is 2. The third-order valence-electron chi connectivity index (χ3n) is 15.4. The van der Waals surface area contributed by atoms with Crippen molar-refractivity contribution in [1.82, 2.24) is 10.2 Å². The van der Waals surface area contributed by atoms with Crippen LogP contribution in [0.3, 0.4) is 0 Å². The number of piperidine rings is 1. The lowest BCUT2D eigenvalue weighted by Gasteiger charge is -2.36. The number of hydrogen-bond acceptors (Lipinski definition) is 17. The number of nitrogens with two attached hydrogens (primary N) is 1. The molecule has 8 aromatic carbocycles. The lowest BCUT2D eigenvalue weighted by molar-refractivity contribution is -0.164. The van der Waals surface area contributed by atoms with Crippen LogP contribution in [0.25, 0.3) is 32.7 Å². The number of likely N-dealkylation sites (tertiary alicyclic amines) is 1. The molecule has 1 fully saturated rings. The quantitative estimate of drug-likeness (QED) is 0.00996. The summed E-state index contributed by atoms with van der Waals surface area (Å²) in [6, 6.07) is 42.3. The number of carbonyl (C=O) groups excluding carboxylic acids is 5. The second-order valence-corrected chi connectivity index (χ2v) is 23.4. The van der Waals surface area contributed by atoms with Gasteiger partial charge in [-0.2, -0.15) is 18.6 Å². The molecule has 1 heterocycles. The molecule has 9 rings (SSSR count). The van der Waals surface area contributed by atoms with Crippen LogP contribution in [-0.4, -0.2) is 87.3 Å². The third-order valence-corrected chi connectivity index (χ3v) is 16.6. The van der Waals surface area contributed by atoms with Crippen LogP contribution >= 0.6 is 12.6 Å². The van der Waals surface area contributed by atoms with E-state index in [9.17, 15) is 36.9 Å². The van der Waals surface area contributed by atoms with Crippen LogP contribution in [0.15, 0.2) is 182 Å². The minimum absolute atomic E-state index is 0.0559. The lowest BCUT2D eigenvalue weighted by Crippen LogP contribution is -2.53. The Morgan fingerprint density at radius 3 is 2.01 bits per heavy atom. The van der Waals surface area contributed by atoms with E-state index in [0.717, 1.165) is 38.4 Å². The van der Waals surface area contributed by atoms with E-state index in [2.05, 4.69) is 43.7 Å². The van der Waals surface area contributed by atoms with Crippen LogP contribution in [0, 0.1) is 5.41 Å². The van der Waals surface area contributed by atoms with E-state index < -0.39 is 75.2 Å². The molecular formula is C66H66N8O12S2. The average molecular weight is 1230 g/mol. The van der Waals surface area contributed by atoms with E-state index in [1.807, 2.05) is 79.7 Å². The van der Waals surface area contributed by atoms with E-state index in [-0.39, 0.29) is 40.9 Å². The summed E-state index contributed by atoms with van der Waals surface area (Å²) in [6.45, 7) is 4.40. The van der Waals surface area contributed by atoms with Gasteiger partial charge in [0, 0.05) is 33.0 Å². The van der Waals surface area contributed by atoms with Crippen LogP contribution in [0.1, 0.15) is 70.1 Å². The molecule has 454 valence electrons. The standard InChI is InChI=1S/C66H66N8O12S2/c1-6-66(2,3)63(77)64(78)74-33-12-11-20-53(74)65(79)86-54(31-21-40-22-32-55(83-4)56(34-40)84-5)43-14-13-15-46(35-43)85-39-60(76)68-38-59(75)69-62-50-19-10-8-17-48(50)58(88(80,81)82)37-52(62)73-71-45-29-25-42(26-30-45)41-23-27-44(28-24-41)70-72-51-36-57(87)47-16-7-9-18-49(47)61(51)67/h7-10,13-19,22-30,32,34-37,53-54,87H,6,11-12,20-21,31,33,38-39,67H2,1-5H3,(H,68,76)(H,69,75)(H,80,81,82). The van der Waals surface area contributed by atoms with E-state index in [4.69, 9.17) is 24.7 Å². The molecule has 0 spiro atoms. The maximum atomic E-state index is 14.2. The monoisotopic (exact) mass is 1230 g/mol. The zero-order chi connectivity index (χ0) is 62.7. The summed E-state index contributed by atoms with van der Waals surface area (Å²) in [7, 11) is -1.74. The molecule has 0 radical (unpaired) electrons. The fourth-order valence-electron chi connectivity index (χ4n) is 10.1. The first-order valence-electron chi connectivity index (χ1n) is 28.4. The van der Waals surface area contributed by atoms with Crippen molar-refractivity contribution in [2.45, 2.75) is 81.2 Å².